The third-order valence-corrected chi connectivity index (χ3v) is 5.32. The van der Waals surface area contributed by atoms with E-state index in [0.29, 0.717) is 19.1 Å². The summed E-state index contributed by atoms with van der Waals surface area (Å²) in [5.74, 6) is 0.333. The van der Waals surface area contributed by atoms with E-state index in [0.717, 1.165) is 64.5 Å². The van der Waals surface area contributed by atoms with Crippen LogP contribution in [0.25, 0.3) is 0 Å². The van der Waals surface area contributed by atoms with Crippen molar-refractivity contribution in [2.24, 2.45) is 5.92 Å². The number of rotatable bonds is 17. The topological polar surface area (TPSA) is 59.0 Å². The van der Waals surface area contributed by atoms with Crippen LogP contribution in [0.5, 0.6) is 0 Å². The largest absolute Gasteiger partial charge is 0.472 e. The molecule has 0 amide bonds. The van der Waals surface area contributed by atoms with Gasteiger partial charge in [0.1, 0.15) is 0 Å². The Morgan fingerprint density at radius 1 is 0.917 bits per heavy atom. The van der Waals surface area contributed by atoms with Crippen LogP contribution in [0.4, 0.5) is 0 Å². The van der Waals surface area contributed by atoms with Crippen LogP contribution < -0.4 is 0 Å². The lowest BCUT2D eigenvalue weighted by molar-refractivity contribution is 0.114. The first kappa shape index (κ1) is 24.1. The Bertz CT molecular complexity index is 320. The van der Waals surface area contributed by atoms with Gasteiger partial charge in [0.25, 0.3) is 0 Å². The van der Waals surface area contributed by atoms with Gasteiger partial charge in [-0.25, -0.2) is 4.57 Å². The molecular formula is C18H40NO4P. The van der Waals surface area contributed by atoms with E-state index in [1.54, 1.807) is 0 Å². The van der Waals surface area contributed by atoms with Crippen molar-refractivity contribution in [2.45, 2.75) is 79.1 Å². The molecule has 0 rings (SSSR count). The second-order valence-corrected chi connectivity index (χ2v) is 8.02. The molecule has 0 spiro atoms. The zero-order valence-corrected chi connectivity index (χ0v) is 17.2. The van der Waals surface area contributed by atoms with Gasteiger partial charge in [-0.2, -0.15) is 0 Å². The van der Waals surface area contributed by atoms with Crippen molar-refractivity contribution >= 4 is 7.82 Å². The van der Waals surface area contributed by atoms with Gasteiger partial charge in [0.05, 0.1) is 13.2 Å². The lowest BCUT2D eigenvalue weighted by atomic mass is 10.0. The van der Waals surface area contributed by atoms with E-state index >= 15 is 0 Å². The molecule has 0 fully saturated rings. The third kappa shape index (κ3) is 13.4. The van der Waals surface area contributed by atoms with Crippen molar-refractivity contribution in [1.29, 1.82) is 0 Å². The van der Waals surface area contributed by atoms with Gasteiger partial charge in [-0.3, -0.25) is 9.05 Å². The van der Waals surface area contributed by atoms with Crippen LogP contribution in [0.15, 0.2) is 0 Å². The van der Waals surface area contributed by atoms with E-state index in [1.807, 2.05) is 0 Å². The Balaban J connectivity index is 4.11. The molecule has 146 valence electrons. The van der Waals surface area contributed by atoms with Crippen LogP contribution in [0.1, 0.15) is 79.1 Å². The van der Waals surface area contributed by atoms with Crippen LogP contribution in [0.2, 0.25) is 0 Å². The normalized spacial score (nSPS) is 15.6. The van der Waals surface area contributed by atoms with E-state index in [9.17, 15) is 9.46 Å². The average Bonchev–Trinajstić information content (AvgIpc) is 2.56. The highest BCUT2D eigenvalue weighted by Gasteiger charge is 2.23. The molecule has 0 aromatic heterocycles. The zero-order valence-electron chi connectivity index (χ0n) is 16.3. The minimum absolute atomic E-state index is 0.243. The summed E-state index contributed by atoms with van der Waals surface area (Å²) >= 11 is 0. The Labute approximate surface area is 149 Å². The number of hydrogen-bond donors (Lipinski definition) is 1. The van der Waals surface area contributed by atoms with E-state index < -0.39 is 7.82 Å². The predicted molar refractivity (Wildman–Crippen MR) is 101 cm³/mol. The van der Waals surface area contributed by atoms with Crippen molar-refractivity contribution in [1.82, 2.24) is 4.90 Å². The molecule has 0 bridgehead atoms. The molecule has 6 heteroatoms. The van der Waals surface area contributed by atoms with Crippen molar-refractivity contribution in [3.63, 3.8) is 0 Å². The zero-order chi connectivity index (χ0) is 18.3. The van der Waals surface area contributed by atoms with Crippen molar-refractivity contribution in [3.05, 3.63) is 0 Å². The quantitative estimate of drug-likeness (QED) is 0.357. The van der Waals surface area contributed by atoms with Crippen molar-refractivity contribution in [2.75, 3.05) is 32.8 Å². The molecular weight excluding hydrogens is 325 g/mol. The lowest BCUT2D eigenvalue weighted by Gasteiger charge is -2.23. The summed E-state index contributed by atoms with van der Waals surface area (Å²) in [5, 5.41) is 0. The average molecular weight is 365 g/mol. The molecule has 0 radical (unpaired) electrons. The summed E-state index contributed by atoms with van der Waals surface area (Å²) in [6, 6.07) is 0. The predicted octanol–water partition coefficient (Wildman–Crippen LogP) is 5.24. The summed E-state index contributed by atoms with van der Waals surface area (Å²) in [6.07, 6.45) is 8.86. The summed E-state index contributed by atoms with van der Waals surface area (Å²) in [7, 11) is -3.93. The minimum Gasteiger partial charge on any atom is -0.302 e. The third-order valence-electron chi connectivity index (χ3n) is 4.33. The summed E-state index contributed by atoms with van der Waals surface area (Å²) < 4.78 is 22.4. The van der Waals surface area contributed by atoms with Gasteiger partial charge >= 0.3 is 7.82 Å². The number of phosphoric ester groups is 1. The SMILES string of the molecule is CCCCC(CC)COP(=O)(O)OCCN(CCCC)CCCC. The molecule has 2 unspecified atom stereocenters. The van der Waals surface area contributed by atoms with E-state index in [2.05, 4.69) is 32.6 Å². The summed E-state index contributed by atoms with van der Waals surface area (Å²) in [6.45, 7) is 11.9. The summed E-state index contributed by atoms with van der Waals surface area (Å²) in [5.41, 5.74) is 0. The molecule has 24 heavy (non-hydrogen) atoms. The molecule has 0 saturated heterocycles. The van der Waals surface area contributed by atoms with Gasteiger partial charge in [0.15, 0.2) is 0 Å². The van der Waals surface area contributed by atoms with Gasteiger partial charge < -0.3 is 9.79 Å². The summed E-state index contributed by atoms with van der Waals surface area (Å²) in [4.78, 5) is 12.2. The monoisotopic (exact) mass is 365 g/mol. The highest BCUT2D eigenvalue weighted by Crippen LogP contribution is 2.43. The van der Waals surface area contributed by atoms with Crippen LogP contribution in [0.3, 0.4) is 0 Å². The number of phosphoric acid groups is 1. The molecule has 0 aliphatic heterocycles. The number of unbranched alkanes of at least 4 members (excludes halogenated alkanes) is 3. The maximum atomic E-state index is 12.0. The van der Waals surface area contributed by atoms with Gasteiger partial charge in [-0.1, -0.05) is 59.8 Å². The Hall–Kier alpha value is 0.0700. The molecule has 0 aromatic rings. The first-order valence-electron chi connectivity index (χ1n) is 9.83. The van der Waals surface area contributed by atoms with Crippen molar-refractivity contribution in [3.8, 4) is 0 Å². The van der Waals surface area contributed by atoms with E-state index in [1.165, 1.54) is 0 Å². The maximum Gasteiger partial charge on any atom is 0.472 e. The van der Waals surface area contributed by atoms with Gasteiger partial charge in [0, 0.05) is 6.54 Å². The molecule has 2 atom stereocenters. The molecule has 0 aromatic carbocycles. The first-order valence-corrected chi connectivity index (χ1v) is 11.3. The Kier molecular flexibility index (Phi) is 15.4. The van der Waals surface area contributed by atoms with Gasteiger partial charge in [-0.15, -0.1) is 0 Å². The van der Waals surface area contributed by atoms with Crippen LogP contribution in [-0.4, -0.2) is 42.6 Å². The minimum atomic E-state index is -3.93. The standard InChI is InChI=1S/C18H40NO4P/c1-5-9-12-18(8-4)17-23-24(20,21)22-16-15-19(13-10-6-2)14-11-7-3/h18H,5-17H2,1-4H3,(H,20,21). The first-order chi connectivity index (χ1) is 11.5. The Morgan fingerprint density at radius 2 is 1.50 bits per heavy atom. The number of nitrogens with zero attached hydrogens (tertiary/aromatic N) is 1. The van der Waals surface area contributed by atoms with Gasteiger partial charge in [-0.05, 0) is 38.3 Å². The van der Waals surface area contributed by atoms with Crippen molar-refractivity contribution < 1.29 is 18.5 Å². The lowest BCUT2D eigenvalue weighted by Crippen LogP contribution is -2.29. The number of hydrogen-bond acceptors (Lipinski definition) is 4. The second-order valence-electron chi connectivity index (χ2n) is 6.56. The maximum absolute atomic E-state index is 12.0. The van der Waals surface area contributed by atoms with Crippen LogP contribution in [0, 0.1) is 5.92 Å². The Morgan fingerprint density at radius 3 is 2.00 bits per heavy atom. The fourth-order valence-corrected chi connectivity index (χ4v) is 3.31. The highest BCUT2D eigenvalue weighted by atomic mass is 31.2. The van der Waals surface area contributed by atoms with Crippen LogP contribution in [-0.2, 0) is 13.6 Å². The molecule has 1 N–H and O–H groups in total. The second kappa shape index (κ2) is 15.3. The molecule has 5 nitrogen and oxygen atoms in total. The van der Waals surface area contributed by atoms with Crippen LogP contribution >= 0.6 is 7.82 Å². The smallest absolute Gasteiger partial charge is 0.302 e. The molecule has 0 heterocycles. The van der Waals surface area contributed by atoms with E-state index in [4.69, 9.17) is 9.05 Å². The highest BCUT2D eigenvalue weighted by molar-refractivity contribution is 7.47. The van der Waals surface area contributed by atoms with Gasteiger partial charge in [0.2, 0.25) is 0 Å². The fraction of sp³-hybridized carbons (Fsp3) is 1.00. The molecule has 0 saturated carbocycles. The molecule has 0 aliphatic carbocycles. The molecule has 0 aliphatic rings. The van der Waals surface area contributed by atoms with E-state index in [-0.39, 0.29) is 6.61 Å². The fourth-order valence-electron chi connectivity index (χ4n) is 2.52.